The van der Waals surface area contributed by atoms with Gasteiger partial charge in [-0.2, -0.15) is 4.31 Å². The van der Waals surface area contributed by atoms with Crippen molar-refractivity contribution in [3.05, 3.63) is 24.1 Å². The van der Waals surface area contributed by atoms with Crippen LogP contribution in [0.25, 0.3) is 11.1 Å². The lowest BCUT2D eigenvalue weighted by Gasteiger charge is -2.23. The molecule has 1 aliphatic carbocycles. The molecule has 0 spiro atoms. The molecule has 1 atom stereocenters. The summed E-state index contributed by atoms with van der Waals surface area (Å²) in [6.45, 7) is 2.37. The SMILES string of the molecule is CCCCS(=O)(=O)N1CCC[C@@H]1C(=O)Nc1ccc2nc(C3CC3)oc2c1. The maximum atomic E-state index is 12.7. The average Bonchev–Trinajstić information content (AvgIpc) is 3.20. The predicted molar refractivity (Wildman–Crippen MR) is 103 cm³/mol. The molecule has 1 aromatic carbocycles. The Kier molecular flexibility index (Phi) is 4.94. The molecule has 1 N–H and O–H groups in total. The van der Waals surface area contributed by atoms with E-state index in [-0.39, 0.29) is 11.7 Å². The normalized spacial score (nSPS) is 21.0. The number of fused-ring (bicyclic) bond motifs is 1. The van der Waals surface area contributed by atoms with E-state index in [1.54, 1.807) is 12.1 Å². The van der Waals surface area contributed by atoms with Gasteiger partial charge in [-0.05, 0) is 44.2 Å². The molecular formula is C19H25N3O4S. The topological polar surface area (TPSA) is 92.5 Å². The van der Waals surface area contributed by atoms with Crippen LogP contribution in [0.4, 0.5) is 5.69 Å². The minimum Gasteiger partial charge on any atom is -0.440 e. The number of unbranched alkanes of at least 4 members (excludes halogenated alkanes) is 1. The fourth-order valence-corrected chi connectivity index (χ4v) is 5.41. The number of aromatic nitrogens is 1. The summed E-state index contributed by atoms with van der Waals surface area (Å²) in [6.07, 6.45) is 4.90. The first-order valence-corrected chi connectivity index (χ1v) is 11.3. The highest BCUT2D eigenvalue weighted by Crippen LogP contribution is 2.40. The minimum absolute atomic E-state index is 0.0985. The second-order valence-corrected chi connectivity index (χ2v) is 9.48. The second kappa shape index (κ2) is 7.24. The molecule has 2 aromatic rings. The molecule has 2 aliphatic rings. The number of oxazole rings is 1. The Labute approximate surface area is 159 Å². The largest absolute Gasteiger partial charge is 0.440 e. The number of carbonyl (C=O) groups is 1. The van der Waals surface area contributed by atoms with Gasteiger partial charge in [0.15, 0.2) is 11.5 Å². The minimum atomic E-state index is -3.40. The highest BCUT2D eigenvalue weighted by atomic mass is 32.2. The standard InChI is InChI=1S/C19H25N3O4S/c1-2-3-11-27(24,25)22-10-4-5-16(22)18(23)20-14-8-9-15-17(12-14)26-19(21-15)13-6-7-13/h8-9,12-13,16H,2-7,10-11H2,1H3,(H,20,23)/t16-/m1/s1. The Bertz CT molecular complexity index is 949. The van der Waals surface area contributed by atoms with Crippen molar-refractivity contribution in [1.82, 2.24) is 9.29 Å². The molecule has 2 fully saturated rings. The summed E-state index contributed by atoms with van der Waals surface area (Å²) in [6, 6.07) is 4.73. The average molecular weight is 391 g/mol. The number of nitrogens with one attached hydrogen (secondary N) is 1. The van der Waals surface area contributed by atoms with E-state index in [1.165, 1.54) is 4.31 Å². The third kappa shape index (κ3) is 3.87. The Hall–Kier alpha value is -1.93. The number of hydrogen-bond acceptors (Lipinski definition) is 5. The van der Waals surface area contributed by atoms with Gasteiger partial charge in [0.25, 0.3) is 0 Å². The van der Waals surface area contributed by atoms with E-state index < -0.39 is 16.1 Å². The van der Waals surface area contributed by atoms with Crippen LogP contribution in [-0.4, -0.2) is 42.0 Å². The molecule has 2 heterocycles. The monoisotopic (exact) mass is 391 g/mol. The zero-order valence-corrected chi connectivity index (χ0v) is 16.3. The summed E-state index contributed by atoms with van der Waals surface area (Å²) in [5.74, 6) is 1.00. The van der Waals surface area contributed by atoms with Crippen molar-refractivity contribution in [1.29, 1.82) is 0 Å². The fourth-order valence-electron chi connectivity index (χ4n) is 3.53. The van der Waals surface area contributed by atoms with E-state index in [9.17, 15) is 13.2 Å². The van der Waals surface area contributed by atoms with Crippen LogP contribution in [0.5, 0.6) is 0 Å². The van der Waals surface area contributed by atoms with Crippen molar-refractivity contribution in [3.8, 4) is 0 Å². The van der Waals surface area contributed by atoms with Gasteiger partial charge in [-0.15, -0.1) is 0 Å². The number of hydrogen-bond donors (Lipinski definition) is 1. The Morgan fingerprint density at radius 2 is 2.15 bits per heavy atom. The Balaban J connectivity index is 1.48. The van der Waals surface area contributed by atoms with Crippen LogP contribution in [0, 0.1) is 0 Å². The van der Waals surface area contributed by atoms with Crippen molar-refractivity contribution >= 4 is 32.7 Å². The molecule has 1 aliphatic heterocycles. The summed E-state index contributed by atoms with van der Waals surface area (Å²) in [5.41, 5.74) is 2.02. The van der Waals surface area contributed by atoms with E-state index in [0.717, 1.165) is 30.7 Å². The van der Waals surface area contributed by atoms with E-state index in [2.05, 4.69) is 10.3 Å². The zero-order chi connectivity index (χ0) is 19.0. The molecule has 7 nitrogen and oxygen atoms in total. The van der Waals surface area contributed by atoms with Crippen molar-refractivity contribution in [2.75, 3.05) is 17.6 Å². The molecule has 0 unspecified atom stereocenters. The van der Waals surface area contributed by atoms with Gasteiger partial charge in [0.1, 0.15) is 11.6 Å². The third-order valence-electron chi connectivity index (χ3n) is 5.22. The lowest BCUT2D eigenvalue weighted by atomic mass is 10.2. The van der Waals surface area contributed by atoms with Gasteiger partial charge in [-0.3, -0.25) is 4.79 Å². The van der Waals surface area contributed by atoms with Crippen LogP contribution in [-0.2, 0) is 14.8 Å². The molecule has 0 bridgehead atoms. The van der Waals surface area contributed by atoms with Gasteiger partial charge in [-0.25, -0.2) is 13.4 Å². The van der Waals surface area contributed by atoms with Gasteiger partial charge >= 0.3 is 0 Å². The number of amides is 1. The summed E-state index contributed by atoms with van der Waals surface area (Å²) in [5, 5.41) is 2.86. The smallest absolute Gasteiger partial charge is 0.242 e. The van der Waals surface area contributed by atoms with Crippen molar-refractivity contribution in [2.45, 2.75) is 57.4 Å². The molecule has 1 amide bonds. The lowest BCUT2D eigenvalue weighted by molar-refractivity contribution is -0.119. The molecule has 4 rings (SSSR count). The molecule has 1 aromatic heterocycles. The molecule has 8 heteroatoms. The molecule has 0 radical (unpaired) electrons. The second-order valence-electron chi connectivity index (χ2n) is 7.44. The first kappa shape index (κ1) is 18.4. The van der Waals surface area contributed by atoms with Gasteiger partial charge in [0.2, 0.25) is 15.9 Å². The molecule has 1 saturated carbocycles. The quantitative estimate of drug-likeness (QED) is 0.782. The van der Waals surface area contributed by atoms with E-state index in [4.69, 9.17) is 4.42 Å². The fraction of sp³-hybridized carbons (Fsp3) is 0.579. The van der Waals surface area contributed by atoms with Crippen LogP contribution in [0.15, 0.2) is 22.6 Å². The number of benzene rings is 1. The molecular weight excluding hydrogens is 366 g/mol. The van der Waals surface area contributed by atoms with Crippen LogP contribution in [0.2, 0.25) is 0 Å². The van der Waals surface area contributed by atoms with E-state index >= 15 is 0 Å². The van der Waals surface area contributed by atoms with E-state index in [1.807, 2.05) is 13.0 Å². The summed E-state index contributed by atoms with van der Waals surface area (Å²) in [7, 11) is -3.40. The van der Waals surface area contributed by atoms with Crippen LogP contribution < -0.4 is 5.32 Å². The molecule has 1 saturated heterocycles. The Morgan fingerprint density at radius 1 is 1.33 bits per heavy atom. The van der Waals surface area contributed by atoms with Gasteiger partial charge in [-0.1, -0.05) is 13.3 Å². The molecule has 27 heavy (non-hydrogen) atoms. The summed E-state index contributed by atoms with van der Waals surface area (Å²) >= 11 is 0. The van der Waals surface area contributed by atoms with Crippen molar-refractivity contribution < 1.29 is 17.6 Å². The van der Waals surface area contributed by atoms with E-state index in [0.29, 0.717) is 43.0 Å². The van der Waals surface area contributed by atoms with Crippen molar-refractivity contribution in [3.63, 3.8) is 0 Å². The summed E-state index contributed by atoms with van der Waals surface area (Å²) < 4.78 is 32.2. The number of carbonyl (C=O) groups excluding carboxylic acids is 1. The highest BCUT2D eigenvalue weighted by Gasteiger charge is 2.38. The van der Waals surface area contributed by atoms with Gasteiger partial charge in [0, 0.05) is 24.2 Å². The van der Waals surface area contributed by atoms with Crippen LogP contribution in [0.1, 0.15) is 57.3 Å². The number of sulfonamides is 1. The first-order chi connectivity index (χ1) is 13.0. The summed E-state index contributed by atoms with van der Waals surface area (Å²) in [4.78, 5) is 17.2. The zero-order valence-electron chi connectivity index (χ0n) is 15.5. The number of anilines is 1. The first-order valence-electron chi connectivity index (χ1n) is 9.69. The Morgan fingerprint density at radius 3 is 2.89 bits per heavy atom. The molecule has 146 valence electrons. The van der Waals surface area contributed by atoms with Gasteiger partial charge in [0.05, 0.1) is 5.75 Å². The highest BCUT2D eigenvalue weighted by molar-refractivity contribution is 7.89. The maximum absolute atomic E-state index is 12.7. The van der Waals surface area contributed by atoms with Crippen LogP contribution >= 0.6 is 0 Å². The lowest BCUT2D eigenvalue weighted by Crippen LogP contribution is -2.44. The third-order valence-corrected chi connectivity index (χ3v) is 7.17. The number of nitrogens with zero attached hydrogens (tertiary/aromatic N) is 2. The van der Waals surface area contributed by atoms with Gasteiger partial charge < -0.3 is 9.73 Å². The number of rotatable bonds is 7. The van der Waals surface area contributed by atoms with Crippen LogP contribution in [0.3, 0.4) is 0 Å². The maximum Gasteiger partial charge on any atom is 0.242 e. The predicted octanol–water partition coefficient (Wildman–Crippen LogP) is 3.24. The van der Waals surface area contributed by atoms with Crippen molar-refractivity contribution in [2.24, 2.45) is 0 Å².